The number of carbonyl (C=O) groups is 2. The zero-order valence-electron chi connectivity index (χ0n) is 15.2. The summed E-state index contributed by atoms with van der Waals surface area (Å²) in [6.45, 7) is 2.78. The fraction of sp³-hybridized carbons (Fsp3) is 0.474. The molecule has 2 heterocycles. The van der Waals surface area contributed by atoms with Crippen LogP contribution in [0.1, 0.15) is 54.7 Å². The second-order valence-electron chi connectivity index (χ2n) is 7.25. The summed E-state index contributed by atoms with van der Waals surface area (Å²) in [5.41, 5.74) is 2.31. The molecule has 1 N–H and O–H groups in total. The molecule has 2 aromatic rings. The van der Waals surface area contributed by atoms with Crippen LogP contribution in [0.3, 0.4) is 0 Å². The molecule has 2 fully saturated rings. The Morgan fingerprint density at radius 1 is 1.11 bits per heavy atom. The van der Waals surface area contributed by atoms with Crippen molar-refractivity contribution in [2.24, 2.45) is 0 Å². The Bertz CT molecular complexity index is 851. The molecule has 1 aromatic carbocycles. The number of halogens is 1. The number of amides is 2. The minimum Gasteiger partial charge on any atom is -0.353 e. The predicted octanol–water partition coefficient (Wildman–Crippen LogP) is 2.65. The third-order valence-electron chi connectivity index (χ3n) is 5.13. The third kappa shape index (κ3) is 3.90. The summed E-state index contributed by atoms with van der Waals surface area (Å²) >= 11 is 3.45. The van der Waals surface area contributed by atoms with E-state index in [-0.39, 0.29) is 17.9 Å². The van der Waals surface area contributed by atoms with Crippen molar-refractivity contribution in [1.29, 1.82) is 0 Å². The van der Waals surface area contributed by atoms with Crippen LogP contribution in [0.5, 0.6) is 0 Å². The molecule has 27 heavy (non-hydrogen) atoms. The zero-order chi connectivity index (χ0) is 19.0. The molecule has 1 aliphatic heterocycles. The van der Waals surface area contributed by atoms with Crippen molar-refractivity contribution in [2.75, 3.05) is 13.1 Å². The highest BCUT2D eigenvalue weighted by Crippen LogP contribution is 2.42. The summed E-state index contributed by atoms with van der Waals surface area (Å²) in [5.74, 6) is 0.272. The minimum absolute atomic E-state index is 0.0202. The quantitative estimate of drug-likeness (QED) is 0.806. The zero-order valence-corrected chi connectivity index (χ0v) is 16.8. The van der Waals surface area contributed by atoms with Gasteiger partial charge in [0, 0.05) is 36.4 Å². The molecular weight excluding hydrogens is 410 g/mol. The van der Waals surface area contributed by atoms with E-state index < -0.39 is 0 Å². The molecule has 8 heteroatoms. The normalized spacial score (nSPS) is 17.8. The maximum Gasteiger partial charge on any atom is 0.276 e. The van der Waals surface area contributed by atoms with Gasteiger partial charge in [0.05, 0.1) is 11.4 Å². The van der Waals surface area contributed by atoms with Gasteiger partial charge in [0.2, 0.25) is 5.91 Å². The van der Waals surface area contributed by atoms with Crippen molar-refractivity contribution in [2.45, 2.75) is 44.6 Å². The van der Waals surface area contributed by atoms with Crippen LogP contribution < -0.4 is 5.32 Å². The Hall–Kier alpha value is -2.22. The number of hydrogen-bond acceptors (Lipinski definition) is 4. The van der Waals surface area contributed by atoms with Crippen LogP contribution in [0.15, 0.2) is 28.7 Å². The molecule has 1 saturated carbocycles. The van der Waals surface area contributed by atoms with Crippen molar-refractivity contribution in [1.82, 2.24) is 25.2 Å². The average Bonchev–Trinajstić information content (AvgIpc) is 3.40. The summed E-state index contributed by atoms with van der Waals surface area (Å²) < 4.78 is 2.80. The van der Waals surface area contributed by atoms with Gasteiger partial charge < -0.3 is 10.2 Å². The number of piperidine rings is 1. The van der Waals surface area contributed by atoms with E-state index in [1.807, 2.05) is 29.2 Å². The van der Waals surface area contributed by atoms with Crippen molar-refractivity contribution in [3.63, 3.8) is 0 Å². The second kappa shape index (κ2) is 7.42. The third-order valence-corrected chi connectivity index (χ3v) is 5.66. The molecule has 1 aromatic heterocycles. The molecule has 0 radical (unpaired) electrons. The van der Waals surface area contributed by atoms with Gasteiger partial charge in [-0.25, -0.2) is 4.68 Å². The van der Waals surface area contributed by atoms with Gasteiger partial charge in [-0.3, -0.25) is 9.59 Å². The van der Waals surface area contributed by atoms with E-state index in [4.69, 9.17) is 0 Å². The molecule has 2 amide bonds. The Morgan fingerprint density at radius 2 is 1.78 bits per heavy atom. The molecule has 7 nitrogen and oxygen atoms in total. The molecule has 142 valence electrons. The topological polar surface area (TPSA) is 80.1 Å². The van der Waals surface area contributed by atoms with Gasteiger partial charge >= 0.3 is 0 Å². The number of hydrogen-bond donors (Lipinski definition) is 1. The summed E-state index contributed by atoms with van der Waals surface area (Å²) in [6.07, 6.45) is 3.67. The van der Waals surface area contributed by atoms with Gasteiger partial charge in [0.15, 0.2) is 5.69 Å². The van der Waals surface area contributed by atoms with Crippen LogP contribution in [0, 0.1) is 0 Å². The smallest absolute Gasteiger partial charge is 0.276 e. The lowest BCUT2D eigenvalue weighted by molar-refractivity contribution is -0.119. The molecule has 0 spiro atoms. The molecule has 0 bridgehead atoms. The fourth-order valence-electron chi connectivity index (χ4n) is 3.60. The highest BCUT2D eigenvalue weighted by Gasteiger charge is 2.36. The first-order valence-corrected chi connectivity index (χ1v) is 10.1. The Labute approximate surface area is 166 Å². The Morgan fingerprint density at radius 3 is 2.37 bits per heavy atom. The summed E-state index contributed by atoms with van der Waals surface area (Å²) in [4.78, 5) is 26.1. The van der Waals surface area contributed by atoms with Gasteiger partial charge in [-0.1, -0.05) is 21.1 Å². The molecule has 0 unspecified atom stereocenters. The summed E-state index contributed by atoms with van der Waals surface area (Å²) in [6, 6.07) is 8.01. The minimum atomic E-state index is -0.0541. The Balaban J connectivity index is 1.55. The van der Waals surface area contributed by atoms with Crippen molar-refractivity contribution >= 4 is 27.7 Å². The highest BCUT2D eigenvalue weighted by molar-refractivity contribution is 9.10. The lowest BCUT2D eigenvalue weighted by Crippen LogP contribution is -2.46. The standard InChI is InChI=1S/C19H22BrN5O2/c1-12(26)21-15-8-10-24(11-9-15)19(27)17-18(13-2-3-13)25(23-22-17)16-6-4-14(20)5-7-16/h4-7,13,15H,2-3,8-11H2,1H3,(H,21,26). The summed E-state index contributed by atoms with van der Waals surface area (Å²) in [7, 11) is 0. The monoisotopic (exact) mass is 431 g/mol. The van der Waals surface area contributed by atoms with Gasteiger partial charge in [-0.2, -0.15) is 0 Å². The lowest BCUT2D eigenvalue weighted by atomic mass is 10.0. The molecule has 1 aliphatic carbocycles. The summed E-state index contributed by atoms with van der Waals surface area (Å²) in [5, 5.41) is 11.5. The van der Waals surface area contributed by atoms with Crippen LogP contribution in [0.25, 0.3) is 5.69 Å². The predicted molar refractivity (Wildman–Crippen MR) is 104 cm³/mol. The number of nitrogens with one attached hydrogen (secondary N) is 1. The SMILES string of the molecule is CC(=O)NC1CCN(C(=O)c2nnn(-c3ccc(Br)cc3)c2C2CC2)CC1. The van der Waals surface area contributed by atoms with Crippen LogP contribution in [-0.4, -0.2) is 50.8 Å². The van der Waals surface area contributed by atoms with Crippen LogP contribution >= 0.6 is 15.9 Å². The van der Waals surface area contributed by atoms with Crippen molar-refractivity contribution in [3.05, 3.63) is 40.1 Å². The van der Waals surface area contributed by atoms with Crippen molar-refractivity contribution in [3.8, 4) is 5.69 Å². The van der Waals surface area contributed by atoms with E-state index in [2.05, 4.69) is 31.6 Å². The van der Waals surface area contributed by atoms with Crippen LogP contribution in [-0.2, 0) is 4.79 Å². The average molecular weight is 432 g/mol. The second-order valence-corrected chi connectivity index (χ2v) is 8.17. The van der Waals surface area contributed by atoms with E-state index in [1.54, 1.807) is 4.68 Å². The first kappa shape index (κ1) is 18.2. The first-order chi connectivity index (χ1) is 13.0. The number of benzene rings is 1. The molecule has 2 aliphatic rings. The van der Waals surface area contributed by atoms with Crippen LogP contribution in [0.4, 0.5) is 0 Å². The van der Waals surface area contributed by atoms with Gasteiger partial charge in [0.1, 0.15) is 0 Å². The largest absolute Gasteiger partial charge is 0.353 e. The number of rotatable bonds is 4. The van der Waals surface area contributed by atoms with Crippen LogP contribution in [0.2, 0.25) is 0 Å². The fourth-order valence-corrected chi connectivity index (χ4v) is 3.87. The Kier molecular flexibility index (Phi) is 4.99. The van der Waals surface area contributed by atoms with Gasteiger partial charge in [-0.05, 0) is 49.9 Å². The van der Waals surface area contributed by atoms with Gasteiger partial charge in [-0.15, -0.1) is 5.10 Å². The number of aromatic nitrogens is 3. The maximum absolute atomic E-state index is 13.1. The number of likely N-dealkylation sites (tertiary alicyclic amines) is 1. The first-order valence-electron chi connectivity index (χ1n) is 9.31. The number of nitrogens with zero attached hydrogens (tertiary/aromatic N) is 4. The molecular formula is C19H22BrN5O2. The lowest BCUT2D eigenvalue weighted by Gasteiger charge is -2.31. The van der Waals surface area contributed by atoms with Crippen molar-refractivity contribution < 1.29 is 9.59 Å². The highest BCUT2D eigenvalue weighted by atomic mass is 79.9. The van der Waals surface area contributed by atoms with E-state index >= 15 is 0 Å². The van der Waals surface area contributed by atoms with E-state index in [0.717, 1.165) is 41.5 Å². The maximum atomic E-state index is 13.1. The number of carbonyl (C=O) groups excluding carboxylic acids is 2. The van der Waals surface area contributed by atoms with E-state index in [1.165, 1.54) is 6.92 Å². The molecule has 4 rings (SSSR count). The van der Waals surface area contributed by atoms with Gasteiger partial charge in [0.25, 0.3) is 5.91 Å². The molecule has 1 saturated heterocycles. The van der Waals surface area contributed by atoms with E-state index in [9.17, 15) is 9.59 Å². The molecule has 0 atom stereocenters. The van der Waals surface area contributed by atoms with E-state index in [0.29, 0.717) is 24.7 Å².